The van der Waals surface area contributed by atoms with Crippen LogP contribution in [0.1, 0.15) is 26.7 Å². The fourth-order valence-corrected chi connectivity index (χ4v) is 0.144. The Morgan fingerprint density at radius 2 is 1.89 bits per heavy atom. The number of nitriles is 1. The zero-order valence-electron chi connectivity index (χ0n) is 5.85. The molecule has 0 radical (unpaired) electrons. The van der Waals surface area contributed by atoms with Gasteiger partial charge >= 0.3 is 0 Å². The topological polar surface area (TPSA) is 23.8 Å². The Kier molecular flexibility index (Phi) is 49.0. The minimum absolute atomic E-state index is 0. The summed E-state index contributed by atoms with van der Waals surface area (Å²) in [7, 11) is 0. The molecule has 0 N–H and O–H groups in total. The van der Waals surface area contributed by atoms with E-state index in [1.54, 1.807) is 6.07 Å². The standard InChI is InChI=1S/C5H8.C2H3N.FH/c1-3-5-4-2;1-2-3;/h1H,4-5H2,2H3;1H3;1H. The first kappa shape index (κ1) is 15.7. The van der Waals surface area contributed by atoms with Crippen LogP contribution in [0.4, 0.5) is 4.70 Å². The van der Waals surface area contributed by atoms with E-state index in [1.165, 1.54) is 6.92 Å². The molecule has 0 rings (SSSR count). The van der Waals surface area contributed by atoms with Crippen LogP contribution in [0.2, 0.25) is 0 Å². The molecule has 0 heterocycles. The molecule has 0 aromatic carbocycles. The summed E-state index contributed by atoms with van der Waals surface area (Å²) in [6, 6.07) is 1.75. The van der Waals surface area contributed by atoms with Gasteiger partial charge in [-0.15, -0.1) is 12.3 Å². The number of halogens is 1. The molecule has 0 spiro atoms. The molecule has 0 aliphatic carbocycles. The van der Waals surface area contributed by atoms with Crippen LogP contribution in [0.15, 0.2) is 0 Å². The average Bonchev–Trinajstić information content (AvgIpc) is 1.71. The van der Waals surface area contributed by atoms with Gasteiger partial charge in [-0.05, 0) is 6.42 Å². The van der Waals surface area contributed by atoms with Crippen molar-refractivity contribution in [1.29, 1.82) is 5.26 Å². The zero-order valence-corrected chi connectivity index (χ0v) is 5.85. The highest BCUT2D eigenvalue weighted by Gasteiger charge is 1.61. The number of terminal acetylenes is 1. The van der Waals surface area contributed by atoms with Crippen molar-refractivity contribution in [3.05, 3.63) is 0 Å². The second-order valence-electron chi connectivity index (χ2n) is 1.18. The van der Waals surface area contributed by atoms with Crippen molar-refractivity contribution >= 4 is 0 Å². The summed E-state index contributed by atoms with van der Waals surface area (Å²) in [6.45, 7) is 3.50. The van der Waals surface area contributed by atoms with E-state index in [4.69, 9.17) is 11.7 Å². The molecule has 9 heavy (non-hydrogen) atoms. The quantitative estimate of drug-likeness (QED) is 0.497. The van der Waals surface area contributed by atoms with Gasteiger partial charge in [0.25, 0.3) is 0 Å². The molecule has 0 bridgehead atoms. The largest absolute Gasteiger partial charge is 0.269 e. The van der Waals surface area contributed by atoms with Crippen molar-refractivity contribution in [2.24, 2.45) is 0 Å². The molecule has 0 aromatic heterocycles. The Bertz CT molecular complexity index is 96.5. The van der Waals surface area contributed by atoms with Gasteiger partial charge in [0.05, 0.1) is 6.07 Å². The number of nitrogens with zero attached hydrogens (tertiary/aromatic N) is 1. The van der Waals surface area contributed by atoms with Crippen molar-refractivity contribution < 1.29 is 4.70 Å². The lowest BCUT2D eigenvalue weighted by Gasteiger charge is -1.69. The monoisotopic (exact) mass is 129 g/mol. The highest BCUT2D eigenvalue weighted by molar-refractivity contribution is 4.81. The first-order valence-electron chi connectivity index (χ1n) is 2.57. The van der Waals surface area contributed by atoms with Gasteiger partial charge in [0.2, 0.25) is 0 Å². The summed E-state index contributed by atoms with van der Waals surface area (Å²) in [5, 5.41) is 7.32. The highest BCUT2D eigenvalue weighted by atomic mass is 19.0. The Balaban J connectivity index is -0.0000000800. The number of rotatable bonds is 1. The minimum Gasteiger partial charge on any atom is -0.269 e. The fourth-order valence-electron chi connectivity index (χ4n) is 0.144. The first-order chi connectivity index (χ1) is 3.83. The lowest BCUT2D eigenvalue weighted by atomic mass is 10.4. The van der Waals surface area contributed by atoms with E-state index in [1.807, 2.05) is 0 Å². The fraction of sp³-hybridized carbons (Fsp3) is 0.571. The Labute approximate surface area is 56.1 Å². The van der Waals surface area contributed by atoms with Crippen LogP contribution in [-0.4, -0.2) is 0 Å². The normalized spacial score (nSPS) is 4.44. The van der Waals surface area contributed by atoms with Crippen LogP contribution in [0, 0.1) is 23.7 Å². The Morgan fingerprint density at radius 1 is 1.56 bits per heavy atom. The summed E-state index contributed by atoms with van der Waals surface area (Å²) in [5.41, 5.74) is 0. The van der Waals surface area contributed by atoms with Crippen LogP contribution in [0.3, 0.4) is 0 Å². The van der Waals surface area contributed by atoms with Crippen molar-refractivity contribution in [2.45, 2.75) is 26.7 Å². The highest BCUT2D eigenvalue weighted by Crippen LogP contribution is 1.77. The van der Waals surface area contributed by atoms with Crippen molar-refractivity contribution in [1.82, 2.24) is 0 Å². The smallest absolute Gasteiger partial charge is 0.0587 e. The van der Waals surface area contributed by atoms with Crippen LogP contribution in [-0.2, 0) is 0 Å². The zero-order chi connectivity index (χ0) is 6.83. The van der Waals surface area contributed by atoms with Crippen LogP contribution < -0.4 is 0 Å². The predicted octanol–water partition coefficient (Wildman–Crippen LogP) is 2.10. The molecule has 1 nitrogen and oxygen atoms in total. The van der Waals surface area contributed by atoms with E-state index in [0.29, 0.717) is 0 Å². The molecule has 0 unspecified atom stereocenters. The maximum absolute atomic E-state index is 7.32. The summed E-state index contributed by atoms with van der Waals surface area (Å²) in [5.74, 6) is 2.52. The van der Waals surface area contributed by atoms with Gasteiger partial charge in [-0.25, -0.2) is 0 Å². The minimum atomic E-state index is 0. The van der Waals surface area contributed by atoms with Crippen LogP contribution in [0.25, 0.3) is 0 Å². The molecule has 52 valence electrons. The van der Waals surface area contributed by atoms with Gasteiger partial charge in [0.15, 0.2) is 0 Å². The maximum Gasteiger partial charge on any atom is 0.0587 e. The van der Waals surface area contributed by atoms with Crippen molar-refractivity contribution in [2.75, 3.05) is 0 Å². The lowest BCUT2D eigenvalue weighted by molar-refractivity contribution is 0.984. The van der Waals surface area contributed by atoms with E-state index in [-0.39, 0.29) is 4.70 Å². The molecule has 0 saturated carbocycles. The maximum atomic E-state index is 7.32. The van der Waals surface area contributed by atoms with Crippen LogP contribution >= 0.6 is 0 Å². The van der Waals surface area contributed by atoms with E-state index >= 15 is 0 Å². The van der Waals surface area contributed by atoms with Crippen molar-refractivity contribution in [3.8, 4) is 18.4 Å². The SMILES string of the molecule is C#CCCC.CC#N.F. The second kappa shape index (κ2) is 28.1. The number of unbranched alkanes of at least 4 members (excludes halogenated alkanes) is 1. The van der Waals surface area contributed by atoms with Gasteiger partial charge in [-0.3, -0.25) is 4.70 Å². The molecule has 0 saturated heterocycles. The molecule has 0 aromatic rings. The average molecular weight is 129 g/mol. The van der Waals surface area contributed by atoms with E-state index in [0.717, 1.165) is 12.8 Å². The molecule has 2 heteroatoms. The van der Waals surface area contributed by atoms with Crippen LogP contribution in [0.5, 0.6) is 0 Å². The van der Waals surface area contributed by atoms with E-state index < -0.39 is 0 Å². The number of hydrogen-bond acceptors (Lipinski definition) is 1. The molecular formula is C7H12FN. The molecule has 0 amide bonds. The van der Waals surface area contributed by atoms with E-state index in [9.17, 15) is 0 Å². The molecule has 0 fully saturated rings. The first-order valence-corrected chi connectivity index (χ1v) is 2.57. The summed E-state index contributed by atoms with van der Waals surface area (Å²) >= 11 is 0. The Hall–Kier alpha value is -1.02. The van der Waals surface area contributed by atoms with Gasteiger partial charge in [0, 0.05) is 13.3 Å². The predicted molar refractivity (Wildman–Crippen MR) is 37.5 cm³/mol. The molecule has 0 atom stereocenters. The van der Waals surface area contributed by atoms with E-state index in [2.05, 4.69) is 12.8 Å². The third-order valence-corrected chi connectivity index (χ3v) is 0.394. The third-order valence-electron chi connectivity index (χ3n) is 0.394. The summed E-state index contributed by atoms with van der Waals surface area (Å²) in [4.78, 5) is 0. The van der Waals surface area contributed by atoms with Gasteiger partial charge in [-0.1, -0.05) is 6.92 Å². The lowest BCUT2D eigenvalue weighted by Crippen LogP contribution is -1.53. The molecule has 0 aliphatic rings. The summed E-state index contributed by atoms with van der Waals surface area (Å²) < 4.78 is 0. The van der Waals surface area contributed by atoms with Gasteiger partial charge in [-0.2, -0.15) is 5.26 Å². The van der Waals surface area contributed by atoms with Crippen molar-refractivity contribution in [3.63, 3.8) is 0 Å². The third kappa shape index (κ3) is 180. The molecular weight excluding hydrogens is 117 g/mol. The molecule has 0 aliphatic heterocycles. The van der Waals surface area contributed by atoms with Gasteiger partial charge < -0.3 is 0 Å². The number of hydrogen-bond donors (Lipinski definition) is 0. The summed E-state index contributed by atoms with van der Waals surface area (Å²) in [6.07, 6.45) is 6.91. The van der Waals surface area contributed by atoms with Gasteiger partial charge in [0.1, 0.15) is 0 Å². The second-order valence-corrected chi connectivity index (χ2v) is 1.18. The Morgan fingerprint density at radius 3 is 1.89 bits per heavy atom.